The number of nitrogens with zero attached hydrogens (tertiary/aromatic N) is 1. The summed E-state index contributed by atoms with van der Waals surface area (Å²) in [6.45, 7) is 8.48. The van der Waals surface area contributed by atoms with Crippen LogP contribution in [-0.2, 0) is 10.0 Å². The highest BCUT2D eigenvalue weighted by Crippen LogP contribution is 2.17. The summed E-state index contributed by atoms with van der Waals surface area (Å²) in [5.41, 5.74) is 4.00. The molecule has 1 aromatic heterocycles. The molecule has 28 heavy (non-hydrogen) atoms. The summed E-state index contributed by atoms with van der Waals surface area (Å²) in [6, 6.07) is 5.29. The molecule has 0 radical (unpaired) electrons. The molecule has 156 valence electrons. The Morgan fingerprint density at radius 2 is 1.82 bits per heavy atom. The van der Waals surface area contributed by atoms with Crippen molar-refractivity contribution in [2.24, 2.45) is 5.14 Å². The number of nitrogens with two attached hydrogens (primary N) is 1. The van der Waals surface area contributed by atoms with Crippen LogP contribution in [0.15, 0.2) is 58.7 Å². The van der Waals surface area contributed by atoms with Gasteiger partial charge in [0.2, 0.25) is 10.0 Å². The Balaban J connectivity index is 2.46. The first-order chi connectivity index (χ1) is 13.2. The summed E-state index contributed by atoms with van der Waals surface area (Å²) in [5.74, 6) is 0.821. The Labute approximate surface area is 174 Å². The number of hydrogen-bond donors (Lipinski definition) is 2. The van der Waals surface area contributed by atoms with E-state index in [1.807, 2.05) is 5.41 Å². The van der Waals surface area contributed by atoms with Gasteiger partial charge in [0.1, 0.15) is 5.82 Å². The first-order valence-electron chi connectivity index (χ1n) is 9.44. The molecule has 0 spiro atoms. The van der Waals surface area contributed by atoms with E-state index in [0.717, 1.165) is 25.7 Å². The minimum Gasteiger partial charge on any atom is -0.352 e. The first-order valence-corrected chi connectivity index (χ1v) is 12.1. The molecule has 5 nitrogen and oxygen atoms in total. The molecular weight excluding hydrogens is 390 g/mol. The van der Waals surface area contributed by atoms with Crippen molar-refractivity contribution in [1.82, 2.24) is 4.98 Å². The van der Waals surface area contributed by atoms with Crippen molar-refractivity contribution < 1.29 is 8.42 Å². The molecule has 1 aromatic rings. The molecule has 0 saturated heterocycles. The fourth-order valence-corrected chi connectivity index (χ4v) is 4.44. The minimum absolute atomic E-state index is 0.324. The van der Waals surface area contributed by atoms with Crippen LogP contribution in [0.2, 0.25) is 0 Å². The van der Waals surface area contributed by atoms with Gasteiger partial charge in [0, 0.05) is 11.9 Å². The maximum absolute atomic E-state index is 11.8. The standard InChI is InChI=1S/C21H33N3O2S2/c1-17(2)9-7-10-18(3)11-8-12-19(4)15-27-16-21(28(22,25)26)24-20-13-5-6-14-23-20/h5-6,9,11,13-15,21H,7-8,10,12,16H2,1-4H3,(H,23,24)(H2,22,25,26). The van der Waals surface area contributed by atoms with Gasteiger partial charge >= 0.3 is 0 Å². The van der Waals surface area contributed by atoms with Gasteiger partial charge in [-0.1, -0.05) is 34.9 Å². The van der Waals surface area contributed by atoms with E-state index >= 15 is 0 Å². The van der Waals surface area contributed by atoms with Crippen LogP contribution in [0.5, 0.6) is 0 Å². The molecule has 0 aliphatic heterocycles. The summed E-state index contributed by atoms with van der Waals surface area (Å²) < 4.78 is 23.7. The SMILES string of the molecule is CC(C)=CCCC(C)=CCCC(C)=CSCC(Nc1ccccn1)S(N)(=O)=O. The number of aromatic nitrogens is 1. The van der Waals surface area contributed by atoms with Crippen LogP contribution in [0.3, 0.4) is 0 Å². The summed E-state index contributed by atoms with van der Waals surface area (Å²) in [6.07, 6.45) is 10.3. The number of rotatable bonds is 12. The van der Waals surface area contributed by atoms with Crippen molar-refractivity contribution in [3.05, 3.63) is 58.7 Å². The molecule has 0 aliphatic rings. The Hall–Kier alpha value is -1.57. The zero-order chi connectivity index (χ0) is 21.0. The molecule has 1 rings (SSSR count). The van der Waals surface area contributed by atoms with Crippen LogP contribution < -0.4 is 10.5 Å². The predicted molar refractivity (Wildman–Crippen MR) is 123 cm³/mol. The van der Waals surface area contributed by atoms with E-state index in [0.29, 0.717) is 11.6 Å². The summed E-state index contributed by atoms with van der Waals surface area (Å²) in [4.78, 5) is 4.10. The fraction of sp³-hybridized carbons (Fsp3) is 0.476. The molecule has 3 N–H and O–H groups in total. The van der Waals surface area contributed by atoms with Crippen LogP contribution in [-0.4, -0.2) is 24.5 Å². The van der Waals surface area contributed by atoms with E-state index in [9.17, 15) is 8.42 Å². The lowest BCUT2D eigenvalue weighted by Crippen LogP contribution is -2.37. The van der Waals surface area contributed by atoms with Gasteiger partial charge < -0.3 is 5.32 Å². The summed E-state index contributed by atoms with van der Waals surface area (Å²) in [5, 5.41) is 9.38. The van der Waals surface area contributed by atoms with Crippen molar-refractivity contribution in [1.29, 1.82) is 0 Å². The van der Waals surface area contributed by atoms with Crippen LogP contribution in [0.1, 0.15) is 53.4 Å². The van der Waals surface area contributed by atoms with Crippen molar-refractivity contribution in [2.75, 3.05) is 11.1 Å². The molecule has 1 unspecified atom stereocenters. The molecule has 1 atom stereocenters. The van der Waals surface area contributed by atoms with E-state index in [-0.39, 0.29) is 0 Å². The second kappa shape index (κ2) is 12.8. The third-order valence-corrected chi connectivity index (χ3v) is 6.41. The highest BCUT2D eigenvalue weighted by Gasteiger charge is 2.21. The van der Waals surface area contributed by atoms with Crippen molar-refractivity contribution in [2.45, 2.75) is 58.8 Å². The maximum atomic E-state index is 11.8. The van der Waals surface area contributed by atoms with Gasteiger partial charge in [-0.25, -0.2) is 18.5 Å². The number of nitrogens with one attached hydrogen (secondary N) is 1. The minimum atomic E-state index is -3.72. The Kier molecular flexibility index (Phi) is 11.2. The van der Waals surface area contributed by atoms with Gasteiger partial charge in [-0.05, 0) is 70.9 Å². The number of hydrogen-bond acceptors (Lipinski definition) is 5. The lowest BCUT2D eigenvalue weighted by molar-refractivity contribution is 0.590. The Bertz CT molecular complexity index is 781. The molecule has 7 heteroatoms. The molecule has 0 saturated carbocycles. The molecule has 0 fully saturated rings. The monoisotopic (exact) mass is 423 g/mol. The maximum Gasteiger partial charge on any atom is 0.231 e. The summed E-state index contributed by atoms with van der Waals surface area (Å²) in [7, 11) is -3.72. The van der Waals surface area contributed by atoms with Gasteiger partial charge in [0.15, 0.2) is 5.37 Å². The average molecular weight is 424 g/mol. The summed E-state index contributed by atoms with van der Waals surface area (Å²) >= 11 is 1.45. The lowest BCUT2D eigenvalue weighted by atomic mass is 10.1. The predicted octanol–water partition coefficient (Wildman–Crippen LogP) is 5.22. The van der Waals surface area contributed by atoms with Crippen LogP contribution in [0.4, 0.5) is 5.82 Å². The molecule has 1 heterocycles. The fourth-order valence-electron chi connectivity index (χ4n) is 2.41. The van der Waals surface area contributed by atoms with Crippen molar-refractivity contribution in [3.8, 4) is 0 Å². The van der Waals surface area contributed by atoms with Gasteiger partial charge in [0.25, 0.3) is 0 Å². The van der Waals surface area contributed by atoms with Gasteiger partial charge in [-0.2, -0.15) is 0 Å². The van der Waals surface area contributed by atoms with E-state index in [4.69, 9.17) is 5.14 Å². The largest absolute Gasteiger partial charge is 0.352 e. The lowest BCUT2D eigenvalue weighted by Gasteiger charge is -2.16. The number of pyridine rings is 1. The Morgan fingerprint density at radius 3 is 2.43 bits per heavy atom. The van der Waals surface area contributed by atoms with Crippen LogP contribution in [0.25, 0.3) is 0 Å². The number of primary sulfonamides is 1. The molecule has 0 bridgehead atoms. The molecule has 0 amide bonds. The van der Waals surface area contributed by atoms with Crippen LogP contribution in [0, 0.1) is 0 Å². The Morgan fingerprint density at radius 1 is 1.14 bits per heavy atom. The first kappa shape index (κ1) is 24.5. The van der Waals surface area contributed by atoms with E-state index in [1.54, 1.807) is 24.4 Å². The zero-order valence-electron chi connectivity index (χ0n) is 17.3. The number of allylic oxidation sites excluding steroid dienone is 5. The van der Waals surface area contributed by atoms with Gasteiger partial charge in [0.05, 0.1) is 0 Å². The molecule has 0 aliphatic carbocycles. The number of anilines is 1. The highest BCUT2D eigenvalue weighted by atomic mass is 32.2. The van der Waals surface area contributed by atoms with E-state index in [1.165, 1.54) is 28.5 Å². The second-order valence-electron chi connectivity index (χ2n) is 7.14. The van der Waals surface area contributed by atoms with Gasteiger partial charge in [-0.3, -0.25) is 0 Å². The van der Waals surface area contributed by atoms with Gasteiger partial charge in [-0.15, -0.1) is 11.8 Å². The highest BCUT2D eigenvalue weighted by molar-refractivity contribution is 8.03. The second-order valence-corrected chi connectivity index (χ2v) is 9.79. The third-order valence-electron chi connectivity index (χ3n) is 4.03. The normalized spacial score (nSPS) is 13.9. The quantitative estimate of drug-likeness (QED) is 0.450. The number of thioether (sulfide) groups is 1. The van der Waals surface area contributed by atoms with E-state index in [2.05, 4.69) is 50.1 Å². The third kappa shape index (κ3) is 11.3. The van der Waals surface area contributed by atoms with Crippen molar-refractivity contribution >= 4 is 27.6 Å². The number of sulfonamides is 1. The average Bonchev–Trinajstić information content (AvgIpc) is 2.60. The van der Waals surface area contributed by atoms with Crippen molar-refractivity contribution in [3.63, 3.8) is 0 Å². The zero-order valence-corrected chi connectivity index (χ0v) is 18.9. The molecular formula is C21H33N3O2S2. The smallest absolute Gasteiger partial charge is 0.231 e. The van der Waals surface area contributed by atoms with Crippen LogP contribution >= 0.6 is 11.8 Å². The topological polar surface area (TPSA) is 85.1 Å². The van der Waals surface area contributed by atoms with E-state index < -0.39 is 15.4 Å². The molecule has 0 aromatic carbocycles.